The molecule has 0 radical (unpaired) electrons. The van der Waals surface area contributed by atoms with Crippen LogP contribution in [0.2, 0.25) is 5.02 Å². The summed E-state index contributed by atoms with van der Waals surface area (Å²) in [6.45, 7) is 8.31. The SMILES string of the molecule is Cc1sc2c(c1C)C(c1ccc(Cl)cc1)=N[C@@H](CC(=O)N1CCC(C#CC#CC3CCN(C(=O)CCNC(=O)c4nc(NC(=O)CCNC(=O)c5cc(NC(=O)c6nc(NC(=O)CCNC(=O)c7cc(NC(=O)c8nccn8C)cn7C)cn6C)cn5C)cn4C)CC3)CC1)c1nnc(C)n1-2. The van der Waals surface area contributed by atoms with Crippen LogP contribution in [0.25, 0.3) is 5.00 Å². The van der Waals surface area contributed by atoms with Crippen molar-refractivity contribution in [3.8, 4) is 28.7 Å². The Hall–Kier alpha value is -11.4. The number of hydrogen-bond donors (Lipinski definition) is 7. The number of benzene rings is 1. The standard InChI is InChI=1S/C69H76ClN21O9S/c1-40-41(2)101-69-58(40)59(45-13-15-46(70)16-14-45)77-49(60-83-82-42(3)91(60)69)35-57(95)90-30-22-44(23-31-90)12-10-9-11-43-20-28-89(29-21-43)56(94)19-26-74-66(98)62-80-52(38-87(62)7)78-54(92)17-24-73-65(97)51-34-48(37-86(51)6)76-68(100)63-81-53(39-88(63)8)79-55(93)18-25-72-64(96)50-33-47(36-85(50)5)75-67(99)61-71-27-32-84(61)4/h13-16,27,32-34,36-39,43-44,49H,17-26,28-31,35H2,1-8H3,(H,72,96)(H,73,97)(H,74,98)(H,75,99)(H,76,100)(H,78,92)(H,79,93)/t49-/m0/s1. The highest BCUT2D eigenvalue weighted by atomic mass is 35.5. The van der Waals surface area contributed by atoms with Crippen LogP contribution >= 0.6 is 22.9 Å². The second-order valence-corrected chi connectivity index (χ2v) is 26.6. The maximum absolute atomic E-state index is 14.0. The maximum atomic E-state index is 14.0. The van der Waals surface area contributed by atoms with Crippen LogP contribution in [0.15, 0.2) is 78.6 Å². The molecule has 1 atom stereocenters. The van der Waals surface area contributed by atoms with E-state index in [4.69, 9.17) is 16.6 Å². The van der Waals surface area contributed by atoms with E-state index in [0.29, 0.717) is 55.6 Å². The van der Waals surface area contributed by atoms with Crippen molar-refractivity contribution in [1.82, 2.24) is 78.3 Å². The maximum Gasteiger partial charge on any atom is 0.291 e. The third-order valence-corrected chi connectivity index (χ3v) is 19.1. The van der Waals surface area contributed by atoms with Gasteiger partial charge in [0.1, 0.15) is 28.3 Å². The van der Waals surface area contributed by atoms with Gasteiger partial charge in [0.25, 0.3) is 29.5 Å². The molecular formula is C69H76ClN21O9S. The number of carbonyl (C=O) groups is 9. The quantitative estimate of drug-likeness (QED) is 0.0444. The Labute approximate surface area is 590 Å². The zero-order valence-electron chi connectivity index (χ0n) is 57.0. The van der Waals surface area contributed by atoms with Crippen molar-refractivity contribution in [2.75, 3.05) is 67.1 Å². The summed E-state index contributed by atoms with van der Waals surface area (Å²) in [7, 11) is 8.09. The summed E-state index contributed by atoms with van der Waals surface area (Å²) >= 11 is 7.96. The second kappa shape index (κ2) is 31.2. The Balaban J connectivity index is 0.552. The number of thiophene rings is 1. The Morgan fingerprint density at radius 3 is 1.61 bits per heavy atom. The molecular weight excluding hydrogens is 1330 g/mol. The van der Waals surface area contributed by atoms with Gasteiger partial charge < -0.3 is 69.9 Å². The highest BCUT2D eigenvalue weighted by Crippen LogP contribution is 2.40. The number of imidazole rings is 3. The lowest BCUT2D eigenvalue weighted by molar-refractivity contribution is -0.133. The van der Waals surface area contributed by atoms with Crippen LogP contribution < -0.4 is 37.2 Å². The topological polar surface area (TPSA) is 351 Å². The summed E-state index contributed by atoms with van der Waals surface area (Å²) in [6.07, 6.45) is 12.0. The van der Waals surface area contributed by atoms with Gasteiger partial charge in [0, 0.05) is 170 Å². The molecule has 0 bridgehead atoms. The van der Waals surface area contributed by atoms with Gasteiger partial charge in [-0.15, -0.1) is 21.5 Å². The van der Waals surface area contributed by atoms with Crippen LogP contribution in [0.5, 0.6) is 0 Å². The fourth-order valence-corrected chi connectivity index (χ4v) is 13.4. The lowest BCUT2D eigenvalue weighted by Crippen LogP contribution is -2.40. The first-order valence-corrected chi connectivity index (χ1v) is 34.0. The number of halogens is 1. The second-order valence-electron chi connectivity index (χ2n) is 24.9. The van der Waals surface area contributed by atoms with Crippen molar-refractivity contribution in [1.29, 1.82) is 0 Å². The van der Waals surface area contributed by atoms with Gasteiger partial charge >= 0.3 is 0 Å². The smallest absolute Gasteiger partial charge is 0.291 e. The first kappa shape index (κ1) is 70.9. The van der Waals surface area contributed by atoms with Crippen LogP contribution in [-0.2, 0) is 54.4 Å². The number of rotatable bonds is 21. The van der Waals surface area contributed by atoms with E-state index in [2.05, 4.69) is 104 Å². The number of piperidine rings is 2. The summed E-state index contributed by atoms with van der Waals surface area (Å²) in [4.78, 5) is 141. The number of fused-ring (bicyclic) bond motifs is 3. The highest BCUT2D eigenvalue weighted by molar-refractivity contribution is 7.15. The molecule has 2 fully saturated rings. The monoisotopic (exact) mass is 1410 g/mol. The number of aryl methyl sites for hydroxylation is 7. The van der Waals surface area contributed by atoms with E-state index in [1.54, 1.807) is 68.4 Å². The van der Waals surface area contributed by atoms with Gasteiger partial charge in [-0.25, -0.2) is 15.0 Å². The van der Waals surface area contributed by atoms with Crippen LogP contribution in [0.1, 0.15) is 143 Å². The van der Waals surface area contributed by atoms with Gasteiger partial charge in [-0.05, 0) is 88.1 Å². The molecule has 0 unspecified atom stereocenters. The van der Waals surface area contributed by atoms with Crippen LogP contribution in [0.3, 0.4) is 0 Å². The third kappa shape index (κ3) is 16.8. The first-order chi connectivity index (χ1) is 48.4. The molecule has 32 heteroatoms. The molecule has 10 heterocycles. The Morgan fingerprint density at radius 2 is 1.08 bits per heavy atom. The molecule has 7 N–H and O–H groups in total. The van der Waals surface area contributed by atoms with Gasteiger partial charge in [0.15, 0.2) is 23.3 Å². The molecule has 1 aromatic carbocycles. The fourth-order valence-electron chi connectivity index (χ4n) is 12.1. The largest absolute Gasteiger partial charge is 0.350 e. The number of amides is 9. The summed E-state index contributed by atoms with van der Waals surface area (Å²) in [5.41, 5.74) is 4.94. The number of anilines is 4. The Kier molecular flexibility index (Phi) is 21.9. The third-order valence-electron chi connectivity index (χ3n) is 17.6. The lowest BCUT2D eigenvalue weighted by Gasteiger charge is -2.30. The van der Waals surface area contributed by atoms with Crippen molar-refractivity contribution < 1.29 is 43.2 Å². The Morgan fingerprint density at radius 1 is 0.574 bits per heavy atom. The minimum atomic E-state index is -0.635. The van der Waals surface area contributed by atoms with Crippen LogP contribution in [-0.4, -0.2) is 167 Å². The predicted molar refractivity (Wildman–Crippen MR) is 377 cm³/mol. The van der Waals surface area contributed by atoms with E-state index < -0.39 is 47.4 Å². The number of nitrogens with one attached hydrogen (secondary N) is 7. The zero-order valence-corrected chi connectivity index (χ0v) is 58.6. The summed E-state index contributed by atoms with van der Waals surface area (Å²) in [5.74, 6) is 11.0. The minimum Gasteiger partial charge on any atom is -0.350 e. The van der Waals surface area contributed by atoms with E-state index in [9.17, 15) is 43.2 Å². The highest BCUT2D eigenvalue weighted by Gasteiger charge is 2.35. The van der Waals surface area contributed by atoms with E-state index in [-0.39, 0.29) is 115 Å². The Bertz CT molecular complexity index is 4710. The normalized spacial score (nSPS) is 14.4. The molecule has 2 saturated heterocycles. The first-order valence-electron chi connectivity index (χ1n) is 32.8. The molecule has 0 aliphatic carbocycles. The lowest BCUT2D eigenvalue weighted by atomic mass is 9.96. The van der Waals surface area contributed by atoms with Gasteiger partial charge in [0.05, 0.1) is 23.5 Å². The summed E-state index contributed by atoms with van der Waals surface area (Å²) in [5, 5.41) is 29.4. The molecule has 8 aromatic rings. The van der Waals surface area contributed by atoms with Crippen LogP contribution in [0, 0.1) is 56.3 Å². The van der Waals surface area contributed by atoms with Crippen LogP contribution in [0.4, 0.5) is 23.0 Å². The summed E-state index contributed by atoms with van der Waals surface area (Å²) < 4.78 is 9.50. The van der Waals surface area contributed by atoms with Crippen molar-refractivity contribution in [3.05, 3.63) is 141 Å². The molecule has 7 aromatic heterocycles. The van der Waals surface area contributed by atoms with Crippen molar-refractivity contribution >= 4 is 105 Å². The number of likely N-dealkylation sites (tertiary alicyclic amines) is 2. The van der Waals surface area contributed by atoms with Gasteiger partial charge in [0.2, 0.25) is 35.3 Å². The van der Waals surface area contributed by atoms with Crippen molar-refractivity contribution in [2.45, 2.75) is 78.2 Å². The number of hydrogen-bond acceptors (Lipinski definition) is 16. The molecule has 3 aliphatic heterocycles. The van der Waals surface area contributed by atoms with Crippen molar-refractivity contribution in [3.63, 3.8) is 0 Å². The number of carbonyl (C=O) groups excluding carboxylic acids is 9. The predicted octanol–water partition coefficient (Wildman–Crippen LogP) is 5.39. The molecule has 11 rings (SSSR count). The van der Waals surface area contributed by atoms with E-state index in [1.807, 2.05) is 36.1 Å². The minimum absolute atomic E-state index is 0.00212. The number of aliphatic imine (C=N–C) groups is 1. The fraction of sp³-hybridized carbons (Fsp3) is 0.377. The van der Waals surface area contributed by atoms with Gasteiger partial charge in [-0.2, -0.15) is 0 Å². The van der Waals surface area contributed by atoms with Gasteiger partial charge in [-0.1, -0.05) is 35.6 Å². The molecule has 30 nitrogen and oxygen atoms in total. The average Bonchev–Trinajstić information content (AvgIpc) is 1.59. The number of aromatic nitrogens is 11. The van der Waals surface area contributed by atoms with E-state index in [1.165, 1.54) is 60.1 Å². The molecule has 3 aliphatic rings. The van der Waals surface area contributed by atoms with Crippen molar-refractivity contribution in [2.24, 2.45) is 52.1 Å². The summed E-state index contributed by atoms with van der Waals surface area (Å²) in [6, 6.07) is 10.0. The molecule has 0 spiro atoms. The molecule has 0 saturated carbocycles. The average molecular weight is 1410 g/mol. The molecule has 524 valence electrons. The molecule has 9 amide bonds. The van der Waals surface area contributed by atoms with Gasteiger partial charge in [-0.3, -0.25) is 52.7 Å². The number of nitrogens with zero attached hydrogens (tertiary/aromatic N) is 14. The van der Waals surface area contributed by atoms with E-state index in [0.717, 1.165) is 46.1 Å². The van der Waals surface area contributed by atoms with E-state index >= 15 is 0 Å². The molecule has 101 heavy (non-hydrogen) atoms. The zero-order chi connectivity index (χ0) is 71.8.